The molecule has 2 fully saturated rings. The zero-order chi connectivity index (χ0) is 25.0. The summed E-state index contributed by atoms with van der Waals surface area (Å²) in [5.74, 6) is -2.46. The van der Waals surface area contributed by atoms with Gasteiger partial charge in [0, 0.05) is 42.6 Å². The van der Waals surface area contributed by atoms with Gasteiger partial charge in [-0.1, -0.05) is 0 Å². The number of hydrogen-bond acceptors (Lipinski definition) is 8. The second-order valence-corrected chi connectivity index (χ2v) is 8.69. The van der Waals surface area contributed by atoms with E-state index >= 15 is 0 Å². The van der Waals surface area contributed by atoms with Gasteiger partial charge in [0.2, 0.25) is 5.95 Å². The highest BCUT2D eigenvalue weighted by atomic mass is 19.3. The van der Waals surface area contributed by atoms with Crippen LogP contribution in [-0.4, -0.2) is 61.4 Å². The topological polar surface area (TPSA) is 95.3 Å². The van der Waals surface area contributed by atoms with E-state index in [-0.39, 0.29) is 17.7 Å². The van der Waals surface area contributed by atoms with E-state index < -0.39 is 18.6 Å². The molecule has 186 valence electrons. The number of alkyl halides is 2. The lowest BCUT2D eigenvalue weighted by atomic mass is 10.0. The molecule has 0 bridgehead atoms. The smallest absolute Gasteiger partial charge is 0.296 e. The number of morpholine rings is 1. The van der Waals surface area contributed by atoms with Gasteiger partial charge in [-0.15, -0.1) is 0 Å². The van der Waals surface area contributed by atoms with Gasteiger partial charge in [-0.25, -0.2) is 18.7 Å². The van der Waals surface area contributed by atoms with Crippen LogP contribution in [0.5, 0.6) is 5.75 Å². The highest BCUT2D eigenvalue weighted by molar-refractivity contribution is 5.66. The summed E-state index contributed by atoms with van der Waals surface area (Å²) in [4.78, 5) is 11.1. The highest BCUT2D eigenvalue weighted by Gasteiger charge is 2.43. The SMILES string of the molecule is N#Cc1cc(-c2ccnc(Nc3ccc(N4CCOCC4)cc3)n2)ccc1OC1CCNCC1(F)F. The quantitative estimate of drug-likeness (QED) is 0.534. The summed E-state index contributed by atoms with van der Waals surface area (Å²) in [6.07, 6.45) is 0.508. The zero-order valence-electron chi connectivity index (χ0n) is 19.6. The van der Waals surface area contributed by atoms with E-state index in [9.17, 15) is 14.0 Å². The van der Waals surface area contributed by atoms with Crippen LogP contribution in [-0.2, 0) is 4.74 Å². The molecule has 0 amide bonds. The Bertz CT molecular complexity index is 1240. The second kappa shape index (κ2) is 10.4. The lowest BCUT2D eigenvalue weighted by molar-refractivity contribution is -0.109. The molecular formula is C26H26F2N6O2. The van der Waals surface area contributed by atoms with E-state index in [0.717, 1.165) is 37.7 Å². The van der Waals surface area contributed by atoms with Gasteiger partial charge < -0.3 is 25.0 Å². The summed E-state index contributed by atoms with van der Waals surface area (Å²) < 4.78 is 39.3. The van der Waals surface area contributed by atoms with E-state index in [0.29, 0.717) is 23.8 Å². The van der Waals surface area contributed by atoms with E-state index in [1.54, 1.807) is 30.5 Å². The van der Waals surface area contributed by atoms with Gasteiger partial charge in [0.05, 0.1) is 31.0 Å². The number of hydrogen-bond donors (Lipinski definition) is 2. The standard InChI is InChI=1S/C26H26F2N6O2/c27-26(28)17-30-9-8-24(26)36-23-6-1-18(15-19(23)16-29)22-7-10-31-25(33-22)32-20-2-4-21(5-3-20)34-11-13-35-14-12-34/h1-7,10,15,24,30H,8-9,11-14,17H2,(H,31,32,33). The lowest BCUT2D eigenvalue weighted by Gasteiger charge is -2.32. The Balaban J connectivity index is 1.30. The Morgan fingerprint density at radius 1 is 1.14 bits per heavy atom. The number of anilines is 3. The summed E-state index contributed by atoms with van der Waals surface area (Å²) in [6, 6.07) is 16.7. The number of halogens is 2. The maximum absolute atomic E-state index is 14.2. The third kappa shape index (κ3) is 5.37. The molecule has 1 aromatic heterocycles. The van der Waals surface area contributed by atoms with Gasteiger partial charge in [0.25, 0.3) is 5.92 Å². The van der Waals surface area contributed by atoms with Crippen molar-refractivity contribution in [2.45, 2.75) is 18.4 Å². The molecule has 1 unspecified atom stereocenters. The Labute approximate surface area is 207 Å². The largest absolute Gasteiger partial charge is 0.483 e. The van der Waals surface area contributed by atoms with Crippen molar-refractivity contribution in [1.29, 1.82) is 5.26 Å². The first-order chi connectivity index (χ1) is 17.5. The fourth-order valence-corrected chi connectivity index (χ4v) is 4.28. The first-order valence-corrected chi connectivity index (χ1v) is 11.8. The Morgan fingerprint density at radius 3 is 2.69 bits per heavy atom. The number of piperidine rings is 1. The molecule has 5 rings (SSSR count). The number of benzene rings is 2. The number of nitrogens with zero attached hydrogens (tertiary/aromatic N) is 4. The molecule has 0 spiro atoms. The van der Waals surface area contributed by atoms with Crippen LogP contribution in [0.2, 0.25) is 0 Å². The highest BCUT2D eigenvalue weighted by Crippen LogP contribution is 2.32. The molecule has 0 aliphatic carbocycles. The van der Waals surface area contributed by atoms with Crippen LogP contribution in [0.15, 0.2) is 54.7 Å². The van der Waals surface area contributed by atoms with Crippen LogP contribution in [0.1, 0.15) is 12.0 Å². The van der Waals surface area contributed by atoms with E-state index in [1.807, 2.05) is 24.3 Å². The van der Waals surface area contributed by atoms with Gasteiger partial charge in [-0.3, -0.25) is 0 Å². The monoisotopic (exact) mass is 492 g/mol. The first-order valence-electron chi connectivity index (χ1n) is 11.8. The lowest BCUT2D eigenvalue weighted by Crippen LogP contribution is -2.52. The van der Waals surface area contributed by atoms with Crippen LogP contribution < -0.4 is 20.3 Å². The average Bonchev–Trinajstić information content (AvgIpc) is 2.91. The first kappa shape index (κ1) is 23.9. The minimum atomic E-state index is -3.00. The molecule has 2 aliphatic rings. The van der Waals surface area contributed by atoms with Gasteiger partial charge in [0.15, 0.2) is 6.10 Å². The summed E-state index contributed by atoms with van der Waals surface area (Å²) in [6.45, 7) is 3.19. The molecule has 2 aromatic carbocycles. The average molecular weight is 493 g/mol. The number of rotatable bonds is 6. The molecule has 8 nitrogen and oxygen atoms in total. The molecule has 0 radical (unpaired) electrons. The summed E-state index contributed by atoms with van der Waals surface area (Å²) >= 11 is 0. The van der Waals surface area contributed by atoms with Gasteiger partial charge in [-0.2, -0.15) is 5.26 Å². The van der Waals surface area contributed by atoms with Crippen molar-refractivity contribution in [1.82, 2.24) is 15.3 Å². The fourth-order valence-electron chi connectivity index (χ4n) is 4.28. The number of aromatic nitrogens is 2. The molecule has 2 N–H and O–H groups in total. The van der Waals surface area contributed by atoms with Crippen molar-refractivity contribution in [2.75, 3.05) is 49.6 Å². The van der Waals surface area contributed by atoms with Crippen molar-refractivity contribution in [3.8, 4) is 23.1 Å². The molecule has 2 saturated heterocycles. The number of nitriles is 1. The fraction of sp³-hybridized carbons (Fsp3) is 0.346. The molecule has 10 heteroatoms. The molecule has 3 heterocycles. The molecule has 3 aromatic rings. The third-order valence-corrected chi connectivity index (χ3v) is 6.24. The van der Waals surface area contributed by atoms with Crippen molar-refractivity contribution in [3.63, 3.8) is 0 Å². The van der Waals surface area contributed by atoms with Gasteiger partial charge >= 0.3 is 0 Å². The van der Waals surface area contributed by atoms with Crippen molar-refractivity contribution < 1.29 is 18.3 Å². The van der Waals surface area contributed by atoms with Gasteiger partial charge in [-0.05, 0) is 55.1 Å². The number of ether oxygens (including phenoxy) is 2. The third-order valence-electron chi connectivity index (χ3n) is 6.24. The summed E-state index contributed by atoms with van der Waals surface area (Å²) in [7, 11) is 0. The van der Waals surface area contributed by atoms with Gasteiger partial charge in [0.1, 0.15) is 11.8 Å². The zero-order valence-corrected chi connectivity index (χ0v) is 19.6. The Morgan fingerprint density at radius 2 is 1.94 bits per heavy atom. The van der Waals surface area contributed by atoms with Crippen LogP contribution in [0.4, 0.5) is 26.1 Å². The summed E-state index contributed by atoms with van der Waals surface area (Å²) in [5.41, 5.74) is 3.39. The Hall–Kier alpha value is -3.81. The van der Waals surface area contributed by atoms with E-state index in [1.165, 1.54) is 0 Å². The van der Waals surface area contributed by atoms with E-state index in [2.05, 4.69) is 31.6 Å². The van der Waals surface area contributed by atoms with Crippen molar-refractivity contribution in [3.05, 3.63) is 60.3 Å². The summed E-state index contributed by atoms with van der Waals surface area (Å²) in [5, 5.41) is 15.5. The molecule has 1 atom stereocenters. The minimum Gasteiger partial charge on any atom is -0.483 e. The van der Waals surface area contributed by atoms with Crippen LogP contribution in [0, 0.1) is 11.3 Å². The maximum Gasteiger partial charge on any atom is 0.296 e. The number of nitrogens with one attached hydrogen (secondary N) is 2. The van der Waals surface area contributed by atoms with Crippen molar-refractivity contribution in [2.24, 2.45) is 0 Å². The van der Waals surface area contributed by atoms with Crippen LogP contribution >= 0.6 is 0 Å². The molecule has 0 saturated carbocycles. The second-order valence-electron chi connectivity index (χ2n) is 8.69. The van der Waals surface area contributed by atoms with Crippen LogP contribution in [0.25, 0.3) is 11.3 Å². The van der Waals surface area contributed by atoms with Crippen LogP contribution in [0.3, 0.4) is 0 Å². The minimum absolute atomic E-state index is 0.139. The predicted octanol–water partition coefficient (Wildman–Crippen LogP) is 3.97. The predicted molar refractivity (Wildman–Crippen MR) is 132 cm³/mol. The van der Waals surface area contributed by atoms with E-state index in [4.69, 9.17) is 9.47 Å². The molecule has 36 heavy (non-hydrogen) atoms. The van der Waals surface area contributed by atoms with Crippen molar-refractivity contribution >= 4 is 17.3 Å². The Kier molecular flexibility index (Phi) is 6.93. The normalized spacial score (nSPS) is 19.4. The maximum atomic E-state index is 14.2. The molecule has 2 aliphatic heterocycles. The molecular weight excluding hydrogens is 466 g/mol.